The van der Waals surface area contributed by atoms with Gasteiger partial charge in [-0.3, -0.25) is 4.79 Å². The number of amides is 1. The zero-order valence-corrected chi connectivity index (χ0v) is 15.2. The van der Waals surface area contributed by atoms with Crippen molar-refractivity contribution < 1.29 is 14.1 Å². The van der Waals surface area contributed by atoms with Crippen molar-refractivity contribution in [3.05, 3.63) is 47.5 Å². The fourth-order valence-electron chi connectivity index (χ4n) is 3.45. The van der Waals surface area contributed by atoms with Crippen LogP contribution in [0.5, 0.6) is 0 Å². The lowest BCUT2D eigenvalue weighted by molar-refractivity contribution is -0.898. The van der Waals surface area contributed by atoms with Crippen LogP contribution >= 0.6 is 0 Å². The maximum Gasteiger partial charge on any atom is 0.273 e. The van der Waals surface area contributed by atoms with Crippen molar-refractivity contribution in [2.24, 2.45) is 0 Å². The van der Waals surface area contributed by atoms with Gasteiger partial charge in [0.2, 0.25) is 0 Å². The summed E-state index contributed by atoms with van der Waals surface area (Å²) in [6.07, 6.45) is 6.75. The van der Waals surface area contributed by atoms with Gasteiger partial charge in [-0.2, -0.15) is 0 Å². The second-order valence-corrected chi connectivity index (χ2v) is 6.95. The summed E-state index contributed by atoms with van der Waals surface area (Å²) in [6, 6.07) is 6.24. The summed E-state index contributed by atoms with van der Waals surface area (Å²) >= 11 is 0. The van der Waals surface area contributed by atoms with E-state index in [-0.39, 0.29) is 23.5 Å². The number of nitrogens with one attached hydrogen (secondary N) is 2. The summed E-state index contributed by atoms with van der Waals surface area (Å²) in [5, 5.41) is 10.9. The summed E-state index contributed by atoms with van der Waals surface area (Å²) in [7, 11) is 0. The van der Waals surface area contributed by atoms with Crippen molar-refractivity contribution in [1.82, 2.24) is 20.3 Å². The van der Waals surface area contributed by atoms with Gasteiger partial charge in [-0.1, -0.05) is 23.4 Å². The standard InChI is InChI=1S/C19H26FN5O/c1-15(16-8-4-5-9-17(16)20)25-14-18(22-23-25)19(26)21-10-13-24-11-6-2-3-7-12-24/h4-5,8-9,14-15H,2-3,6-7,10-13H2,1H3,(H,21,26)/p+1/t15-/m1/s1. The van der Waals surface area contributed by atoms with Gasteiger partial charge in [0, 0.05) is 5.56 Å². The van der Waals surface area contributed by atoms with Crippen molar-refractivity contribution in [1.29, 1.82) is 0 Å². The van der Waals surface area contributed by atoms with Gasteiger partial charge < -0.3 is 10.2 Å². The summed E-state index contributed by atoms with van der Waals surface area (Å²) in [6.45, 7) is 5.77. The number of hydrogen-bond acceptors (Lipinski definition) is 3. The van der Waals surface area contributed by atoms with Crippen molar-refractivity contribution in [2.45, 2.75) is 38.6 Å². The van der Waals surface area contributed by atoms with Gasteiger partial charge in [-0.05, 0) is 38.7 Å². The Morgan fingerprint density at radius 3 is 2.73 bits per heavy atom. The van der Waals surface area contributed by atoms with E-state index >= 15 is 0 Å². The Morgan fingerprint density at radius 1 is 1.27 bits per heavy atom. The van der Waals surface area contributed by atoms with E-state index < -0.39 is 0 Å². The molecule has 2 aromatic rings. The van der Waals surface area contributed by atoms with Gasteiger partial charge in [-0.15, -0.1) is 5.10 Å². The number of nitrogens with zero attached hydrogens (tertiary/aromatic N) is 3. The minimum atomic E-state index is -0.327. The molecule has 1 aliphatic heterocycles. The molecular formula is C19H27FN5O+. The highest BCUT2D eigenvalue weighted by Crippen LogP contribution is 2.19. The van der Waals surface area contributed by atoms with Gasteiger partial charge in [0.05, 0.1) is 38.4 Å². The molecule has 6 nitrogen and oxygen atoms in total. The smallest absolute Gasteiger partial charge is 0.273 e. The highest BCUT2D eigenvalue weighted by molar-refractivity contribution is 5.91. The van der Waals surface area contributed by atoms with Crippen LogP contribution in [0.25, 0.3) is 0 Å². The predicted octanol–water partition coefficient (Wildman–Crippen LogP) is 1.22. The summed E-state index contributed by atoms with van der Waals surface area (Å²) in [5.74, 6) is -0.520. The van der Waals surface area contributed by atoms with Gasteiger partial charge >= 0.3 is 0 Å². The molecular weight excluding hydrogens is 333 g/mol. The highest BCUT2D eigenvalue weighted by Gasteiger charge is 2.18. The molecule has 0 unspecified atom stereocenters. The molecule has 7 heteroatoms. The lowest BCUT2D eigenvalue weighted by Gasteiger charge is -2.16. The molecule has 2 heterocycles. The van der Waals surface area contributed by atoms with E-state index in [4.69, 9.17) is 0 Å². The first kappa shape index (κ1) is 18.5. The molecule has 26 heavy (non-hydrogen) atoms. The summed E-state index contributed by atoms with van der Waals surface area (Å²) in [5.41, 5.74) is 0.785. The van der Waals surface area contributed by atoms with E-state index in [1.807, 2.05) is 6.92 Å². The third-order valence-electron chi connectivity index (χ3n) is 5.07. The Morgan fingerprint density at radius 2 is 2.00 bits per heavy atom. The maximum absolute atomic E-state index is 13.9. The van der Waals surface area contributed by atoms with Crippen LogP contribution < -0.4 is 10.2 Å². The van der Waals surface area contributed by atoms with E-state index in [2.05, 4.69) is 15.6 Å². The molecule has 0 aliphatic carbocycles. The quantitative estimate of drug-likeness (QED) is 0.814. The van der Waals surface area contributed by atoms with Crippen LogP contribution in [0.2, 0.25) is 0 Å². The molecule has 140 valence electrons. The molecule has 0 saturated carbocycles. The number of quaternary nitrogens is 1. The number of likely N-dealkylation sites (tertiary alicyclic amines) is 1. The molecule has 1 fully saturated rings. The molecule has 3 rings (SSSR count). The molecule has 1 saturated heterocycles. The number of hydrogen-bond donors (Lipinski definition) is 2. The van der Waals surface area contributed by atoms with Crippen molar-refractivity contribution in [3.8, 4) is 0 Å². The Kier molecular flexibility index (Phi) is 6.33. The van der Waals surface area contributed by atoms with E-state index in [0.29, 0.717) is 12.1 Å². The number of carbonyl (C=O) groups excluding carboxylic acids is 1. The third-order valence-corrected chi connectivity index (χ3v) is 5.07. The monoisotopic (exact) mass is 360 g/mol. The molecule has 0 spiro atoms. The van der Waals surface area contributed by atoms with Gasteiger partial charge in [-0.25, -0.2) is 9.07 Å². The first-order chi connectivity index (χ1) is 12.6. The molecule has 0 radical (unpaired) electrons. The van der Waals surface area contributed by atoms with E-state index in [1.54, 1.807) is 29.3 Å². The first-order valence-electron chi connectivity index (χ1n) is 9.43. The normalized spacial score (nSPS) is 16.8. The zero-order valence-electron chi connectivity index (χ0n) is 15.2. The topological polar surface area (TPSA) is 64.2 Å². The van der Waals surface area contributed by atoms with E-state index in [9.17, 15) is 9.18 Å². The average Bonchev–Trinajstić information content (AvgIpc) is 3.00. The van der Waals surface area contributed by atoms with Crippen LogP contribution in [0.15, 0.2) is 30.5 Å². The lowest BCUT2D eigenvalue weighted by atomic mass is 10.1. The predicted molar refractivity (Wildman–Crippen MR) is 96.6 cm³/mol. The lowest BCUT2D eigenvalue weighted by Crippen LogP contribution is -3.12. The molecule has 1 amide bonds. The largest absolute Gasteiger partial charge is 0.345 e. The van der Waals surface area contributed by atoms with E-state index in [0.717, 1.165) is 6.54 Å². The second kappa shape index (κ2) is 8.89. The average molecular weight is 360 g/mol. The minimum absolute atomic E-state index is 0.230. The SMILES string of the molecule is C[C@H](c1ccccc1F)n1cc(C(=O)NCC[NH+]2CCCCCC2)nn1. The van der Waals surface area contributed by atoms with Crippen LogP contribution in [-0.2, 0) is 0 Å². The summed E-state index contributed by atoms with van der Waals surface area (Å²) < 4.78 is 15.4. The summed E-state index contributed by atoms with van der Waals surface area (Å²) in [4.78, 5) is 13.8. The number of benzene rings is 1. The van der Waals surface area contributed by atoms with Gasteiger partial charge in [0.1, 0.15) is 5.82 Å². The van der Waals surface area contributed by atoms with Crippen molar-refractivity contribution in [2.75, 3.05) is 26.2 Å². The Balaban J connectivity index is 1.53. The van der Waals surface area contributed by atoms with E-state index in [1.165, 1.54) is 49.5 Å². The Bertz CT molecular complexity index is 724. The van der Waals surface area contributed by atoms with Crippen LogP contribution in [0.4, 0.5) is 4.39 Å². The fraction of sp³-hybridized carbons (Fsp3) is 0.526. The molecule has 1 aromatic heterocycles. The first-order valence-corrected chi connectivity index (χ1v) is 9.43. The van der Waals surface area contributed by atoms with Crippen LogP contribution in [-0.4, -0.2) is 47.1 Å². The Labute approximate surface area is 153 Å². The number of halogens is 1. The highest BCUT2D eigenvalue weighted by atomic mass is 19.1. The maximum atomic E-state index is 13.9. The van der Waals surface area contributed by atoms with Gasteiger partial charge in [0.25, 0.3) is 5.91 Å². The Hall–Kier alpha value is -2.28. The minimum Gasteiger partial charge on any atom is -0.345 e. The molecule has 0 bridgehead atoms. The number of carbonyl (C=O) groups is 1. The molecule has 2 N–H and O–H groups in total. The molecule has 1 aromatic carbocycles. The van der Waals surface area contributed by atoms with Crippen LogP contribution in [0.1, 0.15) is 54.7 Å². The number of aromatic nitrogens is 3. The second-order valence-electron chi connectivity index (χ2n) is 6.95. The van der Waals surface area contributed by atoms with Crippen molar-refractivity contribution in [3.63, 3.8) is 0 Å². The number of rotatable bonds is 6. The molecule has 1 atom stereocenters. The zero-order chi connectivity index (χ0) is 18.4. The third kappa shape index (κ3) is 4.66. The van der Waals surface area contributed by atoms with Crippen LogP contribution in [0.3, 0.4) is 0 Å². The van der Waals surface area contributed by atoms with Crippen molar-refractivity contribution >= 4 is 5.91 Å². The fourth-order valence-corrected chi connectivity index (χ4v) is 3.45. The van der Waals surface area contributed by atoms with Gasteiger partial charge in [0.15, 0.2) is 5.69 Å². The van der Waals surface area contributed by atoms with Crippen LogP contribution in [0, 0.1) is 5.82 Å². The molecule has 1 aliphatic rings.